The van der Waals surface area contributed by atoms with E-state index in [1.54, 1.807) is 0 Å². The Bertz CT molecular complexity index is 318. The molecule has 0 aromatic heterocycles. The van der Waals surface area contributed by atoms with Gasteiger partial charge in [0.1, 0.15) is 6.54 Å². The minimum Gasteiger partial charge on any atom is -0.480 e. The van der Waals surface area contributed by atoms with Gasteiger partial charge in [-0.25, -0.2) is 4.79 Å². The first-order valence-corrected chi connectivity index (χ1v) is 5.31. The SMILES string of the molecule is C#CCN(CC)C(=O)N(CC(=O)O)C1CC1. The van der Waals surface area contributed by atoms with Crippen LogP contribution in [0.5, 0.6) is 0 Å². The Morgan fingerprint density at radius 1 is 1.50 bits per heavy atom. The van der Waals surface area contributed by atoms with E-state index in [1.165, 1.54) is 9.80 Å². The number of hydrogen-bond acceptors (Lipinski definition) is 2. The fourth-order valence-electron chi connectivity index (χ4n) is 1.49. The van der Waals surface area contributed by atoms with Gasteiger partial charge in [0.25, 0.3) is 0 Å². The molecule has 1 N–H and O–H groups in total. The molecule has 16 heavy (non-hydrogen) atoms. The summed E-state index contributed by atoms with van der Waals surface area (Å²) in [6.45, 7) is 2.29. The molecule has 0 aromatic rings. The molecule has 0 unspecified atom stereocenters. The van der Waals surface area contributed by atoms with Crippen molar-refractivity contribution in [2.75, 3.05) is 19.6 Å². The van der Waals surface area contributed by atoms with Crippen molar-refractivity contribution in [3.63, 3.8) is 0 Å². The molecular weight excluding hydrogens is 208 g/mol. The number of urea groups is 1. The van der Waals surface area contributed by atoms with Gasteiger partial charge in [0.2, 0.25) is 0 Å². The highest BCUT2D eigenvalue weighted by atomic mass is 16.4. The Hall–Kier alpha value is -1.70. The average molecular weight is 224 g/mol. The van der Waals surface area contributed by atoms with Crippen LogP contribution in [0, 0.1) is 12.3 Å². The molecule has 1 aliphatic carbocycles. The summed E-state index contributed by atoms with van der Waals surface area (Å²) < 4.78 is 0. The molecule has 1 aliphatic rings. The lowest BCUT2D eigenvalue weighted by atomic mass is 10.4. The molecule has 0 atom stereocenters. The largest absolute Gasteiger partial charge is 0.480 e. The van der Waals surface area contributed by atoms with Crippen LogP contribution in [0.1, 0.15) is 19.8 Å². The second kappa shape index (κ2) is 5.40. The first-order valence-electron chi connectivity index (χ1n) is 5.31. The molecule has 5 heteroatoms. The van der Waals surface area contributed by atoms with Crippen molar-refractivity contribution in [2.24, 2.45) is 0 Å². The van der Waals surface area contributed by atoms with Crippen molar-refractivity contribution < 1.29 is 14.7 Å². The van der Waals surface area contributed by atoms with E-state index in [2.05, 4.69) is 5.92 Å². The summed E-state index contributed by atoms with van der Waals surface area (Å²) in [5.41, 5.74) is 0. The second-order valence-corrected chi connectivity index (χ2v) is 3.75. The van der Waals surface area contributed by atoms with Gasteiger partial charge in [0.05, 0.1) is 6.54 Å². The van der Waals surface area contributed by atoms with Gasteiger partial charge in [-0.15, -0.1) is 6.42 Å². The van der Waals surface area contributed by atoms with Gasteiger partial charge in [-0.3, -0.25) is 4.79 Å². The van der Waals surface area contributed by atoms with Crippen molar-refractivity contribution in [3.8, 4) is 12.3 Å². The van der Waals surface area contributed by atoms with Crippen LogP contribution in [0.4, 0.5) is 4.79 Å². The molecule has 2 amide bonds. The Morgan fingerprint density at radius 2 is 2.12 bits per heavy atom. The minimum atomic E-state index is -0.989. The standard InChI is InChI=1S/C11H16N2O3/c1-3-7-12(4-2)11(16)13(8-10(14)15)9-5-6-9/h1,9H,4-8H2,2H3,(H,14,15). The van der Waals surface area contributed by atoms with E-state index in [9.17, 15) is 9.59 Å². The summed E-state index contributed by atoms with van der Waals surface area (Å²) in [4.78, 5) is 25.5. The number of carbonyl (C=O) groups is 2. The maximum Gasteiger partial charge on any atom is 0.323 e. The van der Waals surface area contributed by atoms with E-state index >= 15 is 0 Å². The summed E-state index contributed by atoms with van der Waals surface area (Å²) in [7, 11) is 0. The Kier molecular flexibility index (Phi) is 4.18. The third-order valence-electron chi connectivity index (χ3n) is 2.47. The summed E-state index contributed by atoms with van der Waals surface area (Å²) >= 11 is 0. The van der Waals surface area contributed by atoms with Crippen LogP contribution >= 0.6 is 0 Å². The molecular formula is C11H16N2O3. The molecule has 0 heterocycles. The van der Waals surface area contributed by atoms with E-state index in [4.69, 9.17) is 11.5 Å². The molecule has 0 aliphatic heterocycles. The van der Waals surface area contributed by atoms with E-state index in [0.29, 0.717) is 6.54 Å². The molecule has 1 rings (SSSR count). The second-order valence-electron chi connectivity index (χ2n) is 3.75. The summed E-state index contributed by atoms with van der Waals surface area (Å²) in [5.74, 6) is 1.41. The Morgan fingerprint density at radius 3 is 2.50 bits per heavy atom. The lowest BCUT2D eigenvalue weighted by Crippen LogP contribution is -2.46. The van der Waals surface area contributed by atoms with Gasteiger partial charge < -0.3 is 14.9 Å². The highest BCUT2D eigenvalue weighted by Crippen LogP contribution is 2.27. The van der Waals surface area contributed by atoms with Gasteiger partial charge in [0.15, 0.2) is 0 Å². The molecule has 1 saturated carbocycles. The van der Waals surface area contributed by atoms with Gasteiger partial charge in [0, 0.05) is 12.6 Å². The predicted molar refractivity (Wildman–Crippen MR) is 58.8 cm³/mol. The molecule has 88 valence electrons. The fourth-order valence-corrected chi connectivity index (χ4v) is 1.49. The number of hydrogen-bond donors (Lipinski definition) is 1. The van der Waals surface area contributed by atoms with Crippen LogP contribution in [-0.2, 0) is 4.79 Å². The maximum absolute atomic E-state index is 12.0. The highest BCUT2D eigenvalue weighted by Gasteiger charge is 2.35. The zero-order valence-electron chi connectivity index (χ0n) is 9.35. The lowest BCUT2D eigenvalue weighted by Gasteiger charge is -2.27. The van der Waals surface area contributed by atoms with E-state index < -0.39 is 5.97 Å². The Labute approximate surface area is 95.0 Å². The van der Waals surface area contributed by atoms with Gasteiger partial charge >= 0.3 is 12.0 Å². The van der Waals surface area contributed by atoms with Crippen molar-refractivity contribution in [2.45, 2.75) is 25.8 Å². The molecule has 0 bridgehead atoms. The van der Waals surface area contributed by atoms with E-state index in [-0.39, 0.29) is 25.2 Å². The number of rotatable bonds is 5. The van der Waals surface area contributed by atoms with Crippen LogP contribution < -0.4 is 0 Å². The predicted octanol–water partition coefficient (Wildman–Crippen LogP) is 0.610. The number of aliphatic carboxylic acids is 1. The fraction of sp³-hybridized carbons (Fsp3) is 0.636. The average Bonchev–Trinajstić information content (AvgIpc) is 3.05. The molecule has 0 spiro atoms. The number of carboxylic acids is 1. The van der Waals surface area contributed by atoms with Gasteiger partial charge in [-0.1, -0.05) is 5.92 Å². The highest BCUT2D eigenvalue weighted by molar-refractivity contribution is 5.81. The van der Waals surface area contributed by atoms with Gasteiger partial charge in [-0.05, 0) is 19.8 Å². The third-order valence-corrected chi connectivity index (χ3v) is 2.47. The zero-order valence-corrected chi connectivity index (χ0v) is 9.35. The topological polar surface area (TPSA) is 60.9 Å². The van der Waals surface area contributed by atoms with Crippen LogP contribution in [-0.4, -0.2) is 52.6 Å². The van der Waals surface area contributed by atoms with Crippen LogP contribution in [0.2, 0.25) is 0 Å². The van der Waals surface area contributed by atoms with Crippen LogP contribution in [0.15, 0.2) is 0 Å². The number of amides is 2. The minimum absolute atomic E-state index is 0.0791. The van der Waals surface area contributed by atoms with Crippen molar-refractivity contribution in [3.05, 3.63) is 0 Å². The number of nitrogens with zero attached hydrogens (tertiary/aromatic N) is 2. The summed E-state index contributed by atoms with van der Waals surface area (Å²) in [6, 6.07) is -0.194. The Balaban J connectivity index is 2.65. The van der Waals surface area contributed by atoms with Crippen LogP contribution in [0.3, 0.4) is 0 Å². The summed E-state index contributed by atoms with van der Waals surface area (Å²) in [6.07, 6.45) is 6.92. The number of terminal acetylenes is 1. The van der Waals surface area contributed by atoms with Crippen LogP contribution in [0.25, 0.3) is 0 Å². The third kappa shape index (κ3) is 3.16. The quantitative estimate of drug-likeness (QED) is 0.696. The van der Waals surface area contributed by atoms with Gasteiger partial charge in [-0.2, -0.15) is 0 Å². The molecule has 1 fully saturated rings. The normalized spacial score (nSPS) is 14.0. The first kappa shape index (κ1) is 12.4. The van der Waals surface area contributed by atoms with E-state index in [0.717, 1.165) is 12.8 Å². The summed E-state index contributed by atoms with van der Waals surface area (Å²) in [5, 5.41) is 8.74. The number of carboxylic acid groups (broad SMARTS) is 1. The van der Waals surface area contributed by atoms with Crippen molar-refractivity contribution in [1.82, 2.24) is 9.80 Å². The molecule has 5 nitrogen and oxygen atoms in total. The van der Waals surface area contributed by atoms with Crippen molar-refractivity contribution >= 4 is 12.0 Å². The van der Waals surface area contributed by atoms with E-state index in [1.807, 2.05) is 6.92 Å². The van der Waals surface area contributed by atoms with Crippen molar-refractivity contribution in [1.29, 1.82) is 0 Å². The first-order chi connectivity index (χ1) is 7.60. The maximum atomic E-state index is 12.0. The molecule has 0 saturated heterocycles. The lowest BCUT2D eigenvalue weighted by molar-refractivity contribution is -0.137. The molecule has 0 radical (unpaired) electrons. The zero-order chi connectivity index (χ0) is 12.1. The number of carbonyl (C=O) groups excluding carboxylic acids is 1. The monoisotopic (exact) mass is 224 g/mol. The smallest absolute Gasteiger partial charge is 0.323 e. The molecule has 0 aromatic carbocycles.